The standard InChI is InChI=1S/C90H164N4O20P2/c1-7-13-19-25-29-33-37-43-49-58-83(113-87(99)60-51-45-39-35-31-27-21-15-9-3)71-85(97)93-79(73-107-66-62-81(95)56-47-41-23-17-11-5)75-111-115(103,104)109-68-64-91-89(101)77-54-53-55-78(70-77)90(102)92-65-69-110-116(105,106)112-76-80(74-108-67-63-82(96)57-48-42-24-18-12-6)94-86(98)72-84(59-50-44-38-34-30-26-20-14-8-2)114-88(100)61-52-46-40-36-32-28-22-16-10-4/h35-36,39-40,53-55,70,79-84,95-96H,7-34,37-38,41-52,56-69,71-76H2,1-6H3,(H,91,101)(H,92,102)(H,93,97)(H,94,98)(H,103,104)(H,105,106)/b39-35+,40-36+/t79?,80?,81-,82-,83-,84-/m1/s1. The summed E-state index contributed by atoms with van der Waals surface area (Å²) in [6, 6.07) is 3.77. The number of nitrogens with one attached hydrogen (secondary N) is 4. The Kier molecular flexibility index (Phi) is 72.5. The zero-order valence-corrected chi connectivity index (χ0v) is 74.9. The van der Waals surface area contributed by atoms with E-state index in [-0.39, 0.29) is 88.3 Å². The molecule has 4 unspecified atom stereocenters. The van der Waals surface area contributed by atoms with Gasteiger partial charge in [-0.1, -0.05) is 277 Å². The van der Waals surface area contributed by atoms with Crippen molar-refractivity contribution in [3.63, 3.8) is 0 Å². The summed E-state index contributed by atoms with van der Waals surface area (Å²) in [4.78, 5) is 103. The average Bonchev–Trinajstić information content (AvgIpc) is 0.858. The van der Waals surface area contributed by atoms with Crippen molar-refractivity contribution in [2.24, 2.45) is 0 Å². The highest BCUT2D eigenvalue weighted by molar-refractivity contribution is 7.47. The molecule has 4 amide bonds. The first-order valence-corrected chi connectivity index (χ1v) is 48.9. The van der Waals surface area contributed by atoms with E-state index in [1.165, 1.54) is 127 Å². The minimum Gasteiger partial charge on any atom is -0.462 e. The molecule has 8 atom stereocenters. The van der Waals surface area contributed by atoms with Gasteiger partial charge in [0.25, 0.3) is 11.8 Å². The second kappa shape index (κ2) is 76.7. The smallest absolute Gasteiger partial charge is 0.462 e. The molecule has 1 aromatic carbocycles. The summed E-state index contributed by atoms with van der Waals surface area (Å²) >= 11 is 0. The summed E-state index contributed by atoms with van der Waals surface area (Å²) in [5, 5.41) is 32.2. The molecule has 0 spiro atoms. The number of hydrogen-bond acceptors (Lipinski definition) is 18. The molecule has 1 rings (SSSR count). The number of carbonyl (C=O) groups excluding carboxylic acids is 6. The van der Waals surface area contributed by atoms with Crippen LogP contribution in [-0.4, -0.2) is 158 Å². The van der Waals surface area contributed by atoms with Crippen molar-refractivity contribution in [2.75, 3.05) is 65.9 Å². The Morgan fingerprint density at radius 1 is 0.371 bits per heavy atom. The van der Waals surface area contributed by atoms with E-state index >= 15 is 0 Å². The summed E-state index contributed by atoms with van der Waals surface area (Å²) < 4.78 is 71.7. The Hall–Kier alpha value is -4.42. The van der Waals surface area contributed by atoms with Crippen LogP contribution in [0.5, 0.6) is 0 Å². The number of ether oxygens (including phenoxy) is 4. The molecular weight excluding hydrogens is 1520 g/mol. The van der Waals surface area contributed by atoms with Gasteiger partial charge in [-0.25, -0.2) is 9.13 Å². The van der Waals surface area contributed by atoms with Gasteiger partial charge in [0.2, 0.25) is 11.8 Å². The summed E-state index contributed by atoms with van der Waals surface area (Å²) in [7, 11) is -9.63. The zero-order valence-electron chi connectivity index (χ0n) is 73.1. The molecule has 0 saturated carbocycles. The molecule has 0 aromatic heterocycles. The number of hydrogen-bond donors (Lipinski definition) is 8. The van der Waals surface area contributed by atoms with E-state index in [4.69, 9.17) is 37.0 Å². The molecule has 0 saturated heterocycles. The Bertz CT molecular complexity index is 2570. The number of amides is 4. The summed E-state index contributed by atoms with van der Waals surface area (Å²) in [5.74, 6) is -2.99. The van der Waals surface area contributed by atoms with Crippen LogP contribution >= 0.6 is 15.6 Å². The maximum atomic E-state index is 13.9. The quantitative estimate of drug-likeness (QED) is 0.0130. The number of aliphatic hydroxyl groups is 2. The molecule has 0 heterocycles. The van der Waals surface area contributed by atoms with E-state index in [1.54, 1.807) is 0 Å². The number of allylic oxidation sites excluding steroid dienone is 4. The molecule has 0 bridgehead atoms. The average molecular weight is 1680 g/mol. The first-order chi connectivity index (χ1) is 56.2. The van der Waals surface area contributed by atoms with E-state index in [9.17, 15) is 57.9 Å². The maximum absolute atomic E-state index is 13.9. The summed E-state index contributed by atoms with van der Waals surface area (Å²) in [5.41, 5.74) is 0.115. The maximum Gasteiger partial charge on any atom is 0.472 e. The number of benzene rings is 1. The fraction of sp³-hybridized carbons (Fsp3) is 0.822. The molecule has 0 radical (unpaired) electrons. The Morgan fingerprint density at radius 3 is 1.01 bits per heavy atom. The lowest BCUT2D eigenvalue weighted by atomic mass is 10.0. The van der Waals surface area contributed by atoms with Gasteiger partial charge in [0.05, 0.1) is 76.8 Å². The van der Waals surface area contributed by atoms with Crippen LogP contribution in [-0.2, 0) is 65.4 Å². The molecule has 0 aliphatic heterocycles. The fourth-order valence-electron chi connectivity index (χ4n) is 13.3. The molecule has 0 aliphatic carbocycles. The van der Waals surface area contributed by atoms with Crippen LogP contribution in [0.3, 0.4) is 0 Å². The summed E-state index contributed by atoms with van der Waals surface area (Å²) in [6.45, 7) is 10.6. The first-order valence-electron chi connectivity index (χ1n) is 45.9. The van der Waals surface area contributed by atoms with E-state index < -0.39 is 102 Å². The van der Waals surface area contributed by atoms with Gasteiger partial charge in [-0.2, -0.15) is 0 Å². The minimum absolute atomic E-state index is 0.0576. The zero-order chi connectivity index (χ0) is 85.1. The third kappa shape index (κ3) is 68.3. The van der Waals surface area contributed by atoms with Crippen LogP contribution in [0, 0.1) is 0 Å². The van der Waals surface area contributed by atoms with Crippen LogP contribution in [0.25, 0.3) is 0 Å². The lowest BCUT2D eigenvalue weighted by molar-refractivity contribution is -0.152. The van der Waals surface area contributed by atoms with Crippen molar-refractivity contribution in [1.82, 2.24) is 21.3 Å². The molecule has 26 heteroatoms. The van der Waals surface area contributed by atoms with E-state index in [0.29, 0.717) is 51.4 Å². The molecule has 674 valence electrons. The molecule has 116 heavy (non-hydrogen) atoms. The van der Waals surface area contributed by atoms with Gasteiger partial charge in [-0.05, 0) is 121 Å². The normalized spacial score (nSPS) is 14.4. The van der Waals surface area contributed by atoms with Crippen molar-refractivity contribution < 1.29 is 94.9 Å². The minimum atomic E-state index is -4.82. The third-order valence-corrected chi connectivity index (χ3v) is 22.3. The molecule has 1 aromatic rings. The fourth-order valence-corrected chi connectivity index (χ4v) is 14.9. The highest BCUT2D eigenvalue weighted by atomic mass is 31.2. The number of esters is 2. The van der Waals surface area contributed by atoms with Crippen LogP contribution in [0.4, 0.5) is 0 Å². The van der Waals surface area contributed by atoms with E-state index in [0.717, 1.165) is 154 Å². The Morgan fingerprint density at radius 2 is 0.672 bits per heavy atom. The van der Waals surface area contributed by atoms with Gasteiger partial charge in [0.1, 0.15) is 12.2 Å². The third-order valence-electron chi connectivity index (χ3n) is 20.4. The van der Waals surface area contributed by atoms with Gasteiger partial charge < -0.3 is 60.2 Å². The highest BCUT2D eigenvalue weighted by Crippen LogP contribution is 2.44. The molecular formula is C90H164N4O20P2. The van der Waals surface area contributed by atoms with Crippen molar-refractivity contribution in [1.29, 1.82) is 0 Å². The van der Waals surface area contributed by atoms with Gasteiger partial charge in [-0.15, -0.1) is 0 Å². The molecule has 0 aliphatic rings. The van der Waals surface area contributed by atoms with Crippen LogP contribution < -0.4 is 21.3 Å². The topological polar surface area (TPSA) is 339 Å². The number of aliphatic hydroxyl groups excluding tert-OH is 2. The number of phosphoric ester groups is 2. The van der Waals surface area contributed by atoms with Gasteiger partial charge in [0.15, 0.2) is 0 Å². The highest BCUT2D eigenvalue weighted by Gasteiger charge is 2.29. The van der Waals surface area contributed by atoms with Crippen LogP contribution in [0.2, 0.25) is 0 Å². The van der Waals surface area contributed by atoms with Crippen LogP contribution in [0.15, 0.2) is 48.6 Å². The summed E-state index contributed by atoms with van der Waals surface area (Å²) in [6.07, 6.45) is 53.7. The van der Waals surface area contributed by atoms with Crippen LogP contribution in [0.1, 0.15) is 396 Å². The molecule has 24 nitrogen and oxygen atoms in total. The predicted molar refractivity (Wildman–Crippen MR) is 464 cm³/mol. The number of carbonyl (C=O) groups is 6. The number of unbranched alkanes of at least 4 members (excludes halogenated alkanes) is 34. The second-order valence-corrected chi connectivity index (χ2v) is 34.5. The van der Waals surface area contributed by atoms with Crippen molar-refractivity contribution in [2.45, 2.75) is 412 Å². The van der Waals surface area contributed by atoms with Crippen molar-refractivity contribution in [3.8, 4) is 0 Å². The van der Waals surface area contributed by atoms with E-state index in [1.807, 2.05) is 0 Å². The Labute approximate surface area is 701 Å². The van der Waals surface area contributed by atoms with Crippen molar-refractivity contribution in [3.05, 3.63) is 59.7 Å². The van der Waals surface area contributed by atoms with Gasteiger partial charge in [0, 0.05) is 50.3 Å². The SMILES string of the molecule is CCCCCC/C=C/CCCC(=O)O[C@H](CCCCCCCCCCC)CC(=O)NC(COCC[C@H](O)CCCCCCC)COP(=O)(O)OCCNC(=O)c1cccc(C(=O)NCCOP(=O)(O)OCC(COCC[C@H](O)CCCCCCC)NC(=O)C[C@@H](CCCCCCCCCCC)OC(=O)CCC/C=C/CCCCCC)c1. The monoisotopic (exact) mass is 1680 g/mol. The Balaban J connectivity index is 3.05. The van der Waals surface area contributed by atoms with Crippen molar-refractivity contribution >= 4 is 51.2 Å². The first kappa shape index (κ1) is 110. The predicted octanol–water partition coefficient (Wildman–Crippen LogP) is 20.5. The molecule has 8 N–H and O–H groups in total. The van der Waals surface area contributed by atoms with E-state index in [2.05, 4.69) is 87.1 Å². The number of rotatable bonds is 84. The molecule has 0 fully saturated rings. The second-order valence-electron chi connectivity index (χ2n) is 31.5. The number of phosphoric acid groups is 2. The lowest BCUT2D eigenvalue weighted by Crippen LogP contribution is -2.43. The lowest BCUT2D eigenvalue weighted by Gasteiger charge is -2.23. The van der Waals surface area contributed by atoms with Gasteiger partial charge in [-0.3, -0.25) is 46.9 Å². The van der Waals surface area contributed by atoms with Gasteiger partial charge >= 0.3 is 27.6 Å². The largest absolute Gasteiger partial charge is 0.472 e.